The van der Waals surface area contributed by atoms with Crippen molar-refractivity contribution in [2.75, 3.05) is 4.90 Å². The minimum atomic E-state index is -0.885. The molecule has 1 aliphatic rings. The van der Waals surface area contributed by atoms with Crippen molar-refractivity contribution in [3.63, 3.8) is 0 Å². The molecule has 4 rings (SSSR count). The molecule has 1 N–H and O–H groups in total. The van der Waals surface area contributed by atoms with Crippen molar-refractivity contribution in [2.24, 2.45) is 0 Å². The number of Topliss-reactive ketones (excluding diaryl/α,β-unsaturated/α-hetero) is 1. The van der Waals surface area contributed by atoms with E-state index in [0.29, 0.717) is 27.8 Å². The maximum atomic E-state index is 13.0. The number of aliphatic hydroxyl groups is 1. The summed E-state index contributed by atoms with van der Waals surface area (Å²) in [5.41, 5.74) is 1.73. The van der Waals surface area contributed by atoms with Gasteiger partial charge in [-0.2, -0.15) is 0 Å². The molecule has 0 radical (unpaired) electrons. The Morgan fingerprint density at radius 2 is 1.79 bits per heavy atom. The number of halogens is 1. The maximum Gasteiger partial charge on any atom is 0.300 e. The highest BCUT2D eigenvalue weighted by molar-refractivity contribution is 6.51. The first kappa shape index (κ1) is 19.0. The third-order valence-electron chi connectivity index (χ3n) is 4.95. The summed E-state index contributed by atoms with van der Waals surface area (Å²) in [5, 5.41) is 11.4. The van der Waals surface area contributed by atoms with Gasteiger partial charge < -0.3 is 9.52 Å². The van der Waals surface area contributed by atoms with Gasteiger partial charge >= 0.3 is 0 Å². The number of nitrogens with zero attached hydrogens (tertiary/aromatic N) is 1. The molecular weight excluding hydrogens is 390 g/mol. The second-order valence-electron chi connectivity index (χ2n) is 6.91. The molecule has 6 heteroatoms. The molecule has 1 unspecified atom stereocenters. The topological polar surface area (TPSA) is 70.8 Å². The third-order valence-corrected chi connectivity index (χ3v) is 5.18. The van der Waals surface area contributed by atoms with Gasteiger partial charge in [0.2, 0.25) is 0 Å². The van der Waals surface area contributed by atoms with Crippen LogP contribution < -0.4 is 4.90 Å². The number of para-hydroxylation sites is 1. The largest absolute Gasteiger partial charge is 0.507 e. The lowest BCUT2D eigenvalue weighted by atomic mass is 9.99. The average Bonchev–Trinajstić information content (AvgIpc) is 3.23. The van der Waals surface area contributed by atoms with Crippen LogP contribution in [0, 0.1) is 13.8 Å². The Kier molecular flexibility index (Phi) is 4.76. The summed E-state index contributed by atoms with van der Waals surface area (Å²) in [7, 11) is 0. The van der Waals surface area contributed by atoms with E-state index >= 15 is 0 Å². The number of anilines is 1. The van der Waals surface area contributed by atoms with Gasteiger partial charge in [-0.25, -0.2) is 0 Å². The molecule has 1 fully saturated rings. The van der Waals surface area contributed by atoms with E-state index in [1.165, 1.54) is 4.90 Å². The molecule has 0 aliphatic carbocycles. The fourth-order valence-corrected chi connectivity index (χ4v) is 3.77. The number of amides is 1. The second kappa shape index (κ2) is 7.26. The molecule has 29 heavy (non-hydrogen) atoms. The van der Waals surface area contributed by atoms with Crippen molar-refractivity contribution in [3.8, 4) is 0 Å². The van der Waals surface area contributed by atoms with Crippen LogP contribution in [0.2, 0.25) is 5.02 Å². The Morgan fingerprint density at radius 1 is 1.03 bits per heavy atom. The number of rotatable bonds is 3. The lowest BCUT2D eigenvalue weighted by Gasteiger charge is -2.24. The highest BCUT2D eigenvalue weighted by Gasteiger charge is 2.48. The molecule has 1 amide bonds. The number of hydrogen-bond donors (Lipinski definition) is 1. The lowest BCUT2D eigenvalue weighted by Crippen LogP contribution is -2.29. The number of ketones is 1. The number of hydrogen-bond acceptors (Lipinski definition) is 4. The van der Waals surface area contributed by atoms with E-state index in [0.717, 1.165) is 5.56 Å². The van der Waals surface area contributed by atoms with Crippen molar-refractivity contribution in [3.05, 3.63) is 93.9 Å². The molecule has 2 aromatic carbocycles. The minimum absolute atomic E-state index is 0.0325. The van der Waals surface area contributed by atoms with Gasteiger partial charge in [-0.15, -0.1) is 0 Å². The molecule has 0 spiro atoms. The number of furan rings is 1. The van der Waals surface area contributed by atoms with Crippen molar-refractivity contribution >= 4 is 34.7 Å². The number of carbonyl (C=O) groups is 2. The van der Waals surface area contributed by atoms with Crippen LogP contribution in [0.4, 0.5) is 5.69 Å². The van der Waals surface area contributed by atoms with Gasteiger partial charge in [-0.1, -0.05) is 41.9 Å². The average molecular weight is 408 g/mol. The predicted molar refractivity (Wildman–Crippen MR) is 111 cm³/mol. The van der Waals surface area contributed by atoms with Gasteiger partial charge in [0.25, 0.3) is 11.7 Å². The summed E-state index contributed by atoms with van der Waals surface area (Å²) in [6.07, 6.45) is 0. The van der Waals surface area contributed by atoms with E-state index in [4.69, 9.17) is 16.0 Å². The van der Waals surface area contributed by atoms with Gasteiger partial charge in [0, 0.05) is 16.3 Å². The number of benzene rings is 2. The Balaban J connectivity index is 1.97. The van der Waals surface area contributed by atoms with Gasteiger partial charge in [0.1, 0.15) is 23.3 Å². The molecule has 0 saturated carbocycles. The van der Waals surface area contributed by atoms with Gasteiger partial charge in [-0.3, -0.25) is 14.5 Å². The van der Waals surface area contributed by atoms with E-state index in [-0.39, 0.29) is 11.3 Å². The fourth-order valence-electron chi connectivity index (χ4n) is 3.58. The monoisotopic (exact) mass is 407 g/mol. The summed E-state index contributed by atoms with van der Waals surface area (Å²) in [6, 6.07) is 16.4. The smallest absolute Gasteiger partial charge is 0.300 e. The van der Waals surface area contributed by atoms with Crippen LogP contribution in [0.3, 0.4) is 0 Å². The number of aryl methyl sites for hydroxylation is 2. The summed E-state index contributed by atoms with van der Waals surface area (Å²) in [6.45, 7) is 3.64. The Bertz CT molecular complexity index is 1160. The molecule has 1 aliphatic heterocycles. The molecule has 5 nitrogen and oxygen atoms in total. The summed E-state index contributed by atoms with van der Waals surface area (Å²) in [4.78, 5) is 27.4. The number of aliphatic hydroxyl groups excluding tert-OH is 1. The van der Waals surface area contributed by atoms with Crippen LogP contribution >= 0.6 is 11.6 Å². The number of carbonyl (C=O) groups excluding carboxylic acids is 2. The molecule has 3 aromatic rings. The normalized spacial score (nSPS) is 18.4. The summed E-state index contributed by atoms with van der Waals surface area (Å²) >= 11 is 6.05. The van der Waals surface area contributed by atoms with E-state index < -0.39 is 17.7 Å². The zero-order chi connectivity index (χ0) is 20.7. The van der Waals surface area contributed by atoms with Crippen molar-refractivity contribution in [1.29, 1.82) is 0 Å². The van der Waals surface area contributed by atoms with E-state index in [9.17, 15) is 14.7 Å². The fraction of sp³-hybridized carbons (Fsp3) is 0.130. The second-order valence-corrected chi connectivity index (χ2v) is 7.35. The first-order valence-electron chi connectivity index (χ1n) is 9.07. The molecular formula is C23H18ClNO4. The van der Waals surface area contributed by atoms with Crippen LogP contribution in [0.1, 0.15) is 28.7 Å². The van der Waals surface area contributed by atoms with Gasteiger partial charge in [0.15, 0.2) is 0 Å². The molecule has 0 bridgehead atoms. The highest BCUT2D eigenvalue weighted by Crippen LogP contribution is 2.43. The van der Waals surface area contributed by atoms with Crippen molar-refractivity contribution in [1.82, 2.24) is 0 Å². The first-order valence-corrected chi connectivity index (χ1v) is 9.45. The van der Waals surface area contributed by atoms with Crippen molar-refractivity contribution in [2.45, 2.75) is 19.9 Å². The maximum absolute atomic E-state index is 13.0. The lowest BCUT2D eigenvalue weighted by molar-refractivity contribution is -0.132. The van der Waals surface area contributed by atoms with Crippen LogP contribution in [0.15, 0.2) is 70.7 Å². The highest BCUT2D eigenvalue weighted by atomic mass is 35.5. The summed E-state index contributed by atoms with van der Waals surface area (Å²) in [5.74, 6) is -0.751. The Hall–Kier alpha value is -3.31. The first-order chi connectivity index (χ1) is 13.9. The van der Waals surface area contributed by atoms with Crippen LogP contribution in [-0.2, 0) is 9.59 Å². The quantitative estimate of drug-likeness (QED) is 0.369. The predicted octanol–water partition coefficient (Wildman–Crippen LogP) is 5.18. The molecule has 146 valence electrons. The molecule has 1 aromatic heterocycles. The third kappa shape index (κ3) is 3.23. The van der Waals surface area contributed by atoms with Crippen molar-refractivity contribution < 1.29 is 19.1 Å². The molecule has 1 saturated heterocycles. The van der Waals surface area contributed by atoms with Gasteiger partial charge in [-0.05, 0) is 49.7 Å². The summed E-state index contributed by atoms with van der Waals surface area (Å²) < 4.78 is 5.78. The molecule has 1 atom stereocenters. The van der Waals surface area contributed by atoms with Crippen LogP contribution in [-0.4, -0.2) is 16.8 Å². The van der Waals surface area contributed by atoms with Crippen LogP contribution in [0.5, 0.6) is 0 Å². The van der Waals surface area contributed by atoms with E-state index in [1.54, 1.807) is 55.5 Å². The van der Waals surface area contributed by atoms with E-state index in [2.05, 4.69) is 0 Å². The van der Waals surface area contributed by atoms with Crippen LogP contribution in [0.25, 0.3) is 5.76 Å². The zero-order valence-corrected chi connectivity index (χ0v) is 16.6. The Labute approximate surface area is 172 Å². The standard InChI is InChI=1S/C23H18ClNO4/c1-13-6-3-4-9-17(13)25-20(18-11-10-14(2)29-18)19(22(27)23(25)28)21(26)15-7-5-8-16(24)12-15/h3-12,20,26H,1-2H3/b21-19-. The van der Waals surface area contributed by atoms with Gasteiger partial charge in [0.05, 0.1) is 5.57 Å². The Morgan fingerprint density at radius 3 is 2.45 bits per heavy atom. The minimum Gasteiger partial charge on any atom is -0.507 e. The zero-order valence-electron chi connectivity index (χ0n) is 15.8. The van der Waals surface area contributed by atoms with E-state index in [1.807, 2.05) is 19.1 Å². The molecule has 2 heterocycles. The SMILES string of the molecule is Cc1ccc(C2/C(=C(/O)c3cccc(Cl)c3)C(=O)C(=O)N2c2ccccc2C)o1.